The van der Waals surface area contributed by atoms with Gasteiger partial charge in [-0.3, -0.25) is 0 Å². The van der Waals surface area contributed by atoms with Gasteiger partial charge in [0.25, 0.3) is 0 Å². The van der Waals surface area contributed by atoms with Crippen molar-refractivity contribution in [3.8, 4) is 6.07 Å². The van der Waals surface area contributed by atoms with Crippen LogP contribution in [0.2, 0.25) is 0 Å². The largest absolute Gasteiger partial charge is 0.242 e. The molecule has 2 atom stereocenters. The Kier molecular flexibility index (Phi) is 4.41. The van der Waals surface area contributed by atoms with E-state index in [2.05, 4.69) is 11.6 Å². The highest BCUT2D eigenvalue weighted by Crippen LogP contribution is 2.26. The average Bonchev–Trinajstić information content (AvgIpc) is 2.38. The highest BCUT2D eigenvalue weighted by molar-refractivity contribution is 7.89. The van der Waals surface area contributed by atoms with Gasteiger partial charge in [0.1, 0.15) is 22.3 Å². The third-order valence-electron chi connectivity index (χ3n) is 3.63. The molecule has 0 amide bonds. The molecule has 0 spiro atoms. The summed E-state index contributed by atoms with van der Waals surface area (Å²) in [6.07, 6.45) is 3.63. The molecule has 1 aliphatic carbocycles. The van der Waals surface area contributed by atoms with Gasteiger partial charge in [0.15, 0.2) is 0 Å². The van der Waals surface area contributed by atoms with E-state index in [9.17, 15) is 12.8 Å². The first-order chi connectivity index (χ1) is 9.44. The van der Waals surface area contributed by atoms with E-state index >= 15 is 0 Å². The Morgan fingerprint density at radius 1 is 1.40 bits per heavy atom. The van der Waals surface area contributed by atoms with Gasteiger partial charge in [-0.25, -0.2) is 17.5 Å². The summed E-state index contributed by atoms with van der Waals surface area (Å²) in [5, 5.41) is 8.93. The van der Waals surface area contributed by atoms with Gasteiger partial charge in [0.05, 0.1) is 0 Å². The molecular weight excluding hydrogens is 279 g/mol. The predicted molar refractivity (Wildman–Crippen MR) is 72.9 cm³/mol. The second kappa shape index (κ2) is 5.90. The first-order valence-corrected chi connectivity index (χ1v) is 8.13. The fourth-order valence-corrected chi connectivity index (χ4v) is 4.11. The van der Waals surface area contributed by atoms with Crippen molar-refractivity contribution in [3.63, 3.8) is 0 Å². The summed E-state index contributed by atoms with van der Waals surface area (Å²) in [4.78, 5) is -0.279. The lowest BCUT2D eigenvalue weighted by Gasteiger charge is -2.27. The van der Waals surface area contributed by atoms with E-state index in [0.717, 1.165) is 31.7 Å². The lowest BCUT2D eigenvalue weighted by atomic mass is 9.88. The number of halogens is 1. The third-order valence-corrected chi connectivity index (χ3v) is 5.20. The van der Waals surface area contributed by atoms with Gasteiger partial charge in [-0.1, -0.05) is 25.8 Å². The maximum absolute atomic E-state index is 13.5. The summed E-state index contributed by atoms with van der Waals surface area (Å²) < 4.78 is 40.7. The van der Waals surface area contributed by atoms with E-state index in [0.29, 0.717) is 5.92 Å². The number of nitrogens with one attached hydrogen (secondary N) is 1. The van der Waals surface area contributed by atoms with E-state index < -0.39 is 21.4 Å². The molecule has 1 aromatic rings. The SMILES string of the molecule is CC1CCCC(NS(=O)(=O)c2cccc(F)c2C#N)C1. The van der Waals surface area contributed by atoms with Gasteiger partial charge in [-0.05, 0) is 30.9 Å². The van der Waals surface area contributed by atoms with Gasteiger partial charge in [-0.2, -0.15) is 5.26 Å². The van der Waals surface area contributed by atoms with Crippen molar-refractivity contribution < 1.29 is 12.8 Å². The van der Waals surface area contributed by atoms with Crippen LogP contribution in [0.3, 0.4) is 0 Å². The maximum Gasteiger partial charge on any atom is 0.242 e. The van der Waals surface area contributed by atoms with Crippen molar-refractivity contribution in [1.29, 1.82) is 5.26 Å². The van der Waals surface area contributed by atoms with Crippen molar-refractivity contribution in [2.24, 2.45) is 5.92 Å². The molecular formula is C14H17FN2O2S. The first-order valence-electron chi connectivity index (χ1n) is 6.65. The van der Waals surface area contributed by atoms with Crippen LogP contribution in [0.25, 0.3) is 0 Å². The molecule has 0 bridgehead atoms. The summed E-state index contributed by atoms with van der Waals surface area (Å²) in [5.74, 6) is -0.341. The molecule has 0 heterocycles. The Balaban J connectivity index is 2.27. The average molecular weight is 296 g/mol. The van der Waals surface area contributed by atoms with Gasteiger partial charge in [-0.15, -0.1) is 0 Å². The molecule has 2 unspecified atom stereocenters. The molecule has 2 rings (SSSR count). The molecule has 1 aliphatic rings. The number of nitriles is 1. The molecule has 20 heavy (non-hydrogen) atoms. The number of nitrogens with zero attached hydrogens (tertiary/aromatic N) is 1. The van der Waals surface area contributed by atoms with Crippen molar-refractivity contribution >= 4 is 10.0 Å². The topological polar surface area (TPSA) is 70.0 Å². The molecule has 4 nitrogen and oxygen atoms in total. The molecule has 1 N–H and O–H groups in total. The molecule has 1 aromatic carbocycles. The third kappa shape index (κ3) is 3.17. The maximum atomic E-state index is 13.5. The zero-order valence-corrected chi connectivity index (χ0v) is 12.1. The summed E-state index contributed by atoms with van der Waals surface area (Å²) in [7, 11) is -3.86. The Bertz CT molecular complexity index is 637. The van der Waals surface area contributed by atoms with Crippen molar-refractivity contribution in [1.82, 2.24) is 4.72 Å². The number of hydrogen-bond acceptors (Lipinski definition) is 3. The van der Waals surface area contributed by atoms with Gasteiger partial charge < -0.3 is 0 Å². The molecule has 0 saturated heterocycles. The summed E-state index contributed by atoms with van der Waals surface area (Å²) in [6.45, 7) is 2.09. The molecule has 0 aromatic heterocycles. The molecule has 108 valence electrons. The van der Waals surface area contributed by atoms with E-state index in [-0.39, 0.29) is 10.9 Å². The molecule has 1 fully saturated rings. The van der Waals surface area contributed by atoms with E-state index in [1.807, 2.05) is 0 Å². The Labute approximate surface area is 118 Å². The lowest BCUT2D eigenvalue weighted by molar-refractivity contribution is 0.327. The Morgan fingerprint density at radius 3 is 2.80 bits per heavy atom. The Hall–Kier alpha value is -1.45. The van der Waals surface area contributed by atoms with Crippen LogP contribution in [0.4, 0.5) is 4.39 Å². The zero-order chi connectivity index (χ0) is 14.8. The molecule has 1 saturated carbocycles. The second-order valence-corrected chi connectivity index (χ2v) is 7.00. The zero-order valence-electron chi connectivity index (χ0n) is 11.3. The highest BCUT2D eigenvalue weighted by atomic mass is 32.2. The minimum Gasteiger partial charge on any atom is -0.208 e. The minimum atomic E-state index is -3.86. The lowest BCUT2D eigenvalue weighted by Crippen LogP contribution is -2.38. The van der Waals surface area contributed by atoms with Crippen LogP contribution < -0.4 is 4.72 Å². The van der Waals surface area contributed by atoms with Gasteiger partial charge >= 0.3 is 0 Å². The van der Waals surface area contributed by atoms with E-state index in [1.54, 1.807) is 6.07 Å². The van der Waals surface area contributed by atoms with E-state index in [4.69, 9.17) is 5.26 Å². The number of sulfonamides is 1. The predicted octanol–water partition coefficient (Wildman–Crippen LogP) is 2.55. The molecule has 6 heteroatoms. The smallest absolute Gasteiger partial charge is 0.208 e. The van der Waals surface area contributed by atoms with Gasteiger partial charge in [0, 0.05) is 6.04 Å². The second-order valence-electron chi connectivity index (χ2n) is 5.31. The first kappa shape index (κ1) is 14.9. The fourth-order valence-electron chi connectivity index (χ4n) is 2.66. The number of benzene rings is 1. The van der Waals surface area contributed by atoms with Gasteiger partial charge in [0.2, 0.25) is 10.0 Å². The van der Waals surface area contributed by atoms with Crippen molar-refractivity contribution in [3.05, 3.63) is 29.6 Å². The van der Waals surface area contributed by atoms with Crippen LogP contribution >= 0.6 is 0 Å². The number of rotatable bonds is 3. The fraction of sp³-hybridized carbons (Fsp3) is 0.500. The summed E-state index contributed by atoms with van der Waals surface area (Å²) in [6, 6.07) is 5.13. The van der Waals surface area contributed by atoms with Crippen molar-refractivity contribution in [2.75, 3.05) is 0 Å². The quantitative estimate of drug-likeness (QED) is 0.932. The van der Waals surface area contributed by atoms with E-state index in [1.165, 1.54) is 12.1 Å². The molecule has 0 radical (unpaired) electrons. The summed E-state index contributed by atoms with van der Waals surface area (Å²) >= 11 is 0. The monoisotopic (exact) mass is 296 g/mol. The molecule has 0 aliphatic heterocycles. The van der Waals surface area contributed by atoms with Crippen LogP contribution in [-0.2, 0) is 10.0 Å². The Morgan fingerprint density at radius 2 is 2.15 bits per heavy atom. The van der Waals surface area contributed by atoms with Crippen LogP contribution in [0.1, 0.15) is 38.2 Å². The minimum absolute atomic E-state index is 0.140. The standard InChI is InChI=1S/C14H17FN2O2S/c1-10-4-2-5-11(8-10)17-20(18,19)14-7-3-6-13(15)12(14)9-16/h3,6-7,10-11,17H,2,4-5,8H2,1H3. The van der Waals surface area contributed by atoms with Crippen LogP contribution in [0, 0.1) is 23.1 Å². The van der Waals surface area contributed by atoms with Crippen LogP contribution in [-0.4, -0.2) is 14.5 Å². The summed E-state index contributed by atoms with van der Waals surface area (Å²) in [5.41, 5.74) is -0.427. The van der Waals surface area contributed by atoms with Crippen LogP contribution in [0.15, 0.2) is 23.1 Å². The van der Waals surface area contributed by atoms with Crippen molar-refractivity contribution in [2.45, 2.75) is 43.5 Å². The number of hydrogen-bond donors (Lipinski definition) is 1. The normalized spacial score (nSPS) is 23.2. The van der Waals surface area contributed by atoms with Crippen LogP contribution in [0.5, 0.6) is 0 Å². The highest BCUT2D eigenvalue weighted by Gasteiger charge is 2.27.